The third kappa shape index (κ3) is 6.09. The van der Waals surface area contributed by atoms with Crippen LogP contribution in [0.4, 0.5) is 10.5 Å². The van der Waals surface area contributed by atoms with E-state index in [9.17, 15) is 14.7 Å². The molecule has 0 fully saturated rings. The van der Waals surface area contributed by atoms with Crippen LogP contribution in [0.5, 0.6) is 0 Å². The van der Waals surface area contributed by atoms with E-state index in [-0.39, 0.29) is 6.61 Å². The summed E-state index contributed by atoms with van der Waals surface area (Å²) in [5.74, 6) is -0.972. The van der Waals surface area contributed by atoms with Gasteiger partial charge in [0.15, 0.2) is 6.10 Å². The first-order valence-corrected chi connectivity index (χ1v) is 9.30. The molecule has 6 nitrogen and oxygen atoms in total. The minimum atomic E-state index is -0.972. The van der Waals surface area contributed by atoms with Gasteiger partial charge < -0.3 is 14.6 Å². The Hall–Kier alpha value is -2.86. The molecular formula is C22H27NO5. The van der Waals surface area contributed by atoms with Crippen molar-refractivity contribution in [2.75, 3.05) is 25.2 Å². The van der Waals surface area contributed by atoms with Gasteiger partial charge in [0.2, 0.25) is 0 Å². The molecule has 28 heavy (non-hydrogen) atoms. The van der Waals surface area contributed by atoms with Gasteiger partial charge in [0.1, 0.15) is 0 Å². The molecule has 0 heterocycles. The van der Waals surface area contributed by atoms with Gasteiger partial charge in [0.05, 0.1) is 6.61 Å². The quantitative estimate of drug-likeness (QED) is 0.710. The van der Waals surface area contributed by atoms with Crippen LogP contribution in [0.15, 0.2) is 48.5 Å². The number of ether oxygens (including phenoxy) is 2. The number of carboxylic acid groups (broad SMARTS) is 1. The maximum atomic E-state index is 12.3. The second-order valence-electron chi connectivity index (χ2n) is 6.52. The van der Waals surface area contributed by atoms with Gasteiger partial charge >= 0.3 is 12.1 Å². The van der Waals surface area contributed by atoms with Crippen LogP contribution in [-0.4, -0.2) is 43.5 Å². The summed E-state index contributed by atoms with van der Waals surface area (Å²) in [6.07, 6.45) is -0.422. The first-order valence-electron chi connectivity index (χ1n) is 9.30. The Bertz CT molecular complexity index is 805. The highest BCUT2D eigenvalue weighted by Gasteiger charge is 2.18. The summed E-state index contributed by atoms with van der Waals surface area (Å²) < 4.78 is 10.6. The summed E-state index contributed by atoms with van der Waals surface area (Å²) in [6.45, 7) is 4.30. The second kappa shape index (κ2) is 10.5. The molecule has 0 saturated heterocycles. The van der Waals surface area contributed by atoms with Crippen LogP contribution >= 0.6 is 0 Å². The lowest BCUT2D eigenvalue weighted by atomic mass is 10.0. The van der Waals surface area contributed by atoms with Gasteiger partial charge in [0, 0.05) is 32.2 Å². The molecule has 2 aromatic rings. The highest BCUT2D eigenvalue weighted by molar-refractivity contribution is 5.87. The van der Waals surface area contributed by atoms with E-state index < -0.39 is 18.2 Å². The van der Waals surface area contributed by atoms with Crippen molar-refractivity contribution in [3.8, 4) is 0 Å². The number of amides is 1. The van der Waals surface area contributed by atoms with E-state index in [4.69, 9.17) is 9.47 Å². The predicted octanol–water partition coefficient (Wildman–Crippen LogP) is 3.84. The molecule has 1 N–H and O–H groups in total. The van der Waals surface area contributed by atoms with E-state index in [0.29, 0.717) is 19.4 Å². The van der Waals surface area contributed by atoms with Crippen LogP contribution in [0, 0.1) is 6.92 Å². The number of anilines is 1. The van der Waals surface area contributed by atoms with E-state index >= 15 is 0 Å². The lowest BCUT2D eigenvalue weighted by Crippen LogP contribution is -2.28. The van der Waals surface area contributed by atoms with Crippen LogP contribution in [0.3, 0.4) is 0 Å². The highest BCUT2D eigenvalue weighted by Crippen LogP contribution is 2.18. The molecule has 1 unspecified atom stereocenters. The Kier molecular flexibility index (Phi) is 8.02. The SMILES string of the molecule is CCOC(Cc1cccc(CCOC(=O)N(C)c2ccccc2C)c1)C(=O)O. The zero-order valence-corrected chi connectivity index (χ0v) is 16.6. The molecule has 0 saturated carbocycles. The summed E-state index contributed by atoms with van der Waals surface area (Å²) in [4.78, 5) is 25.0. The van der Waals surface area contributed by atoms with Gasteiger partial charge in [-0.25, -0.2) is 9.59 Å². The second-order valence-corrected chi connectivity index (χ2v) is 6.52. The lowest BCUT2D eigenvalue weighted by molar-refractivity contribution is -0.149. The minimum absolute atomic E-state index is 0.242. The summed E-state index contributed by atoms with van der Waals surface area (Å²) in [7, 11) is 1.69. The number of carboxylic acids is 1. The van der Waals surface area contributed by atoms with Crippen molar-refractivity contribution in [3.05, 3.63) is 65.2 Å². The number of carbonyl (C=O) groups is 2. The van der Waals surface area contributed by atoms with Gasteiger partial charge in [-0.05, 0) is 36.6 Å². The zero-order valence-electron chi connectivity index (χ0n) is 16.6. The fourth-order valence-corrected chi connectivity index (χ4v) is 2.94. The largest absolute Gasteiger partial charge is 0.479 e. The monoisotopic (exact) mass is 385 g/mol. The van der Waals surface area contributed by atoms with Crippen molar-refractivity contribution >= 4 is 17.7 Å². The fourth-order valence-electron chi connectivity index (χ4n) is 2.94. The van der Waals surface area contributed by atoms with Crippen LogP contribution in [-0.2, 0) is 27.1 Å². The van der Waals surface area contributed by atoms with Gasteiger partial charge in [-0.15, -0.1) is 0 Å². The number of nitrogens with zero attached hydrogens (tertiary/aromatic N) is 1. The van der Waals surface area contributed by atoms with Crippen molar-refractivity contribution in [1.82, 2.24) is 0 Å². The van der Waals surface area contributed by atoms with Crippen molar-refractivity contribution in [3.63, 3.8) is 0 Å². The molecule has 0 aliphatic carbocycles. The van der Waals surface area contributed by atoms with Gasteiger partial charge in [-0.3, -0.25) is 4.90 Å². The standard InChI is InChI=1S/C22H27NO5/c1-4-27-20(21(24)25)15-18-10-7-9-17(14-18)12-13-28-22(26)23(3)19-11-6-5-8-16(19)2/h5-11,14,20H,4,12-13,15H2,1-3H3,(H,24,25). The smallest absolute Gasteiger partial charge is 0.414 e. The molecule has 0 spiro atoms. The molecule has 2 rings (SSSR count). The maximum Gasteiger partial charge on any atom is 0.414 e. The molecule has 1 atom stereocenters. The number of benzene rings is 2. The van der Waals surface area contributed by atoms with Gasteiger partial charge in [0.25, 0.3) is 0 Å². The molecule has 0 aliphatic rings. The number of para-hydroxylation sites is 1. The molecule has 6 heteroatoms. The van der Waals surface area contributed by atoms with Gasteiger partial charge in [-0.2, -0.15) is 0 Å². The van der Waals surface area contributed by atoms with Gasteiger partial charge in [-0.1, -0.05) is 42.5 Å². The first kappa shape index (κ1) is 21.4. The molecule has 0 radical (unpaired) electrons. The molecule has 0 aromatic heterocycles. The van der Waals surface area contributed by atoms with Crippen LogP contribution < -0.4 is 4.90 Å². The molecule has 2 aromatic carbocycles. The van der Waals surface area contributed by atoms with Crippen molar-refractivity contribution in [2.45, 2.75) is 32.8 Å². The number of aryl methyl sites for hydroxylation is 1. The number of hydrogen-bond donors (Lipinski definition) is 1. The molecule has 1 amide bonds. The third-order valence-corrected chi connectivity index (χ3v) is 4.42. The Balaban J connectivity index is 1.90. The summed E-state index contributed by atoms with van der Waals surface area (Å²) in [5.41, 5.74) is 3.66. The highest BCUT2D eigenvalue weighted by atomic mass is 16.6. The normalized spacial score (nSPS) is 11.7. The van der Waals surface area contributed by atoms with Crippen LogP contribution in [0.1, 0.15) is 23.6 Å². The summed E-state index contributed by atoms with van der Waals surface area (Å²) in [6, 6.07) is 15.2. The number of carbonyl (C=O) groups excluding carboxylic acids is 1. The Morgan fingerprint density at radius 1 is 1.11 bits per heavy atom. The zero-order chi connectivity index (χ0) is 20.5. The maximum absolute atomic E-state index is 12.3. The van der Waals surface area contributed by atoms with E-state index in [1.807, 2.05) is 55.5 Å². The Morgan fingerprint density at radius 2 is 1.82 bits per heavy atom. The van der Waals surface area contributed by atoms with Crippen molar-refractivity contribution in [2.24, 2.45) is 0 Å². The Labute approximate surface area is 165 Å². The van der Waals surface area contributed by atoms with Crippen molar-refractivity contribution < 1.29 is 24.2 Å². The molecule has 150 valence electrons. The fraction of sp³-hybridized carbons (Fsp3) is 0.364. The topological polar surface area (TPSA) is 76.1 Å². The lowest BCUT2D eigenvalue weighted by Gasteiger charge is -2.19. The number of aliphatic carboxylic acids is 1. The number of hydrogen-bond acceptors (Lipinski definition) is 4. The average Bonchev–Trinajstić information content (AvgIpc) is 2.67. The van der Waals surface area contributed by atoms with Crippen LogP contribution in [0.25, 0.3) is 0 Å². The number of rotatable bonds is 9. The molecular weight excluding hydrogens is 358 g/mol. The predicted molar refractivity (Wildman–Crippen MR) is 108 cm³/mol. The molecule has 0 bridgehead atoms. The average molecular weight is 385 g/mol. The summed E-state index contributed by atoms with van der Waals surface area (Å²) in [5, 5.41) is 9.22. The van der Waals surface area contributed by atoms with E-state index in [1.54, 1.807) is 14.0 Å². The Morgan fingerprint density at radius 3 is 2.50 bits per heavy atom. The van der Waals surface area contributed by atoms with Crippen LogP contribution in [0.2, 0.25) is 0 Å². The molecule has 0 aliphatic heterocycles. The van der Waals surface area contributed by atoms with E-state index in [1.165, 1.54) is 4.90 Å². The first-order chi connectivity index (χ1) is 13.4. The minimum Gasteiger partial charge on any atom is -0.479 e. The third-order valence-electron chi connectivity index (χ3n) is 4.42. The van der Waals surface area contributed by atoms with Crippen molar-refractivity contribution in [1.29, 1.82) is 0 Å². The van der Waals surface area contributed by atoms with E-state index in [0.717, 1.165) is 22.4 Å². The van der Waals surface area contributed by atoms with E-state index in [2.05, 4.69) is 0 Å². The summed E-state index contributed by atoms with van der Waals surface area (Å²) >= 11 is 0.